The molecule has 0 saturated carbocycles. The van der Waals surface area contributed by atoms with Gasteiger partial charge in [0.05, 0.1) is 6.10 Å². The SMILES string of the molecule is CC(C)Cc1ccc(C(C)CNc2ccc(OC(C)C)cc2)cc1. The summed E-state index contributed by atoms with van der Waals surface area (Å²) in [6.45, 7) is 11.8. The zero-order valence-corrected chi connectivity index (χ0v) is 15.7. The van der Waals surface area contributed by atoms with Gasteiger partial charge in [0, 0.05) is 12.2 Å². The molecule has 0 aliphatic heterocycles. The lowest BCUT2D eigenvalue weighted by molar-refractivity contribution is 0.242. The highest BCUT2D eigenvalue weighted by molar-refractivity contribution is 5.46. The predicted octanol–water partition coefficient (Wildman–Crippen LogP) is 5.89. The fraction of sp³-hybridized carbons (Fsp3) is 0.455. The molecule has 0 radical (unpaired) electrons. The largest absolute Gasteiger partial charge is 0.491 e. The average molecular weight is 325 g/mol. The van der Waals surface area contributed by atoms with Crippen molar-refractivity contribution in [2.45, 2.75) is 53.1 Å². The Hall–Kier alpha value is -1.96. The third-order valence-electron chi connectivity index (χ3n) is 4.03. The minimum Gasteiger partial charge on any atom is -0.491 e. The predicted molar refractivity (Wildman–Crippen MR) is 104 cm³/mol. The van der Waals surface area contributed by atoms with Crippen LogP contribution in [0.15, 0.2) is 48.5 Å². The van der Waals surface area contributed by atoms with Crippen LogP contribution < -0.4 is 10.1 Å². The second-order valence-corrected chi connectivity index (χ2v) is 7.31. The van der Waals surface area contributed by atoms with Crippen LogP contribution in [0.4, 0.5) is 5.69 Å². The first kappa shape index (κ1) is 18.4. The Balaban J connectivity index is 1.87. The van der Waals surface area contributed by atoms with Crippen molar-refractivity contribution in [3.63, 3.8) is 0 Å². The Bertz CT molecular complexity index is 599. The molecule has 2 aromatic rings. The van der Waals surface area contributed by atoms with Gasteiger partial charge in [-0.15, -0.1) is 0 Å². The van der Waals surface area contributed by atoms with Crippen molar-refractivity contribution in [3.05, 3.63) is 59.7 Å². The maximum atomic E-state index is 5.67. The summed E-state index contributed by atoms with van der Waals surface area (Å²) in [5.41, 5.74) is 3.94. The second-order valence-electron chi connectivity index (χ2n) is 7.31. The molecule has 1 atom stereocenters. The zero-order chi connectivity index (χ0) is 17.5. The Morgan fingerprint density at radius 3 is 2.00 bits per heavy atom. The number of rotatable bonds is 8. The molecule has 0 spiro atoms. The summed E-state index contributed by atoms with van der Waals surface area (Å²) in [4.78, 5) is 0. The van der Waals surface area contributed by atoms with E-state index in [1.807, 2.05) is 26.0 Å². The Morgan fingerprint density at radius 1 is 0.833 bits per heavy atom. The fourth-order valence-electron chi connectivity index (χ4n) is 2.77. The lowest BCUT2D eigenvalue weighted by Crippen LogP contribution is -2.10. The van der Waals surface area contributed by atoms with E-state index in [4.69, 9.17) is 4.74 Å². The molecule has 0 amide bonds. The molecule has 0 fully saturated rings. The minimum atomic E-state index is 0.211. The first-order valence-corrected chi connectivity index (χ1v) is 9.03. The normalized spacial score (nSPS) is 12.5. The van der Waals surface area contributed by atoms with Crippen molar-refractivity contribution in [3.8, 4) is 5.75 Å². The lowest BCUT2D eigenvalue weighted by Gasteiger charge is -2.16. The van der Waals surface area contributed by atoms with Gasteiger partial charge < -0.3 is 10.1 Å². The van der Waals surface area contributed by atoms with Gasteiger partial charge in [0.25, 0.3) is 0 Å². The summed E-state index contributed by atoms with van der Waals surface area (Å²) in [6.07, 6.45) is 1.36. The Morgan fingerprint density at radius 2 is 1.46 bits per heavy atom. The number of nitrogens with one attached hydrogen (secondary N) is 1. The summed E-state index contributed by atoms with van der Waals surface area (Å²) in [5.74, 6) is 2.10. The van der Waals surface area contributed by atoms with E-state index in [-0.39, 0.29) is 6.10 Å². The van der Waals surface area contributed by atoms with Crippen LogP contribution in [0.5, 0.6) is 5.75 Å². The summed E-state index contributed by atoms with van der Waals surface area (Å²) in [5, 5.41) is 3.51. The van der Waals surface area contributed by atoms with E-state index in [9.17, 15) is 0 Å². The zero-order valence-electron chi connectivity index (χ0n) is 15.7. The van der Waals surface area contributed by atoms with Gasteiger partial charge in [0.1, 0.15) is 5.75 Å². The van der Waals surface area contributed by atoms with E-state index in [1.54, 1.807) is 0 Å². The van der Waals surface area contributed by atoms with Gasteiger partial charge in [0.2, 0.25) is 0 Å². The van der Waals surface area contributed by atoms with Crippen molar-refractivity contribution < 1.29 is 4.74 Å². The van der Waals surface area contributed by atoms with E-state index >= 15 is 0 Å². The molecular weight excluding hydrogens is 294 g/mol. The standard InChI is InChI=1S/C22H31NO/c1-16(2)14-19-6-8-20(9-7-19)18(5)15-23-21-10-12-22(13-11-21)24-17(3)4/h6-13,16-18,23H,14-15H2,1-5H3. The Labute approximate surface area is 147 Å². The molecule has 0 saturated heterocycles. The first-order valence-electron chi connectivity index (χ1n) is 9.03. The number of hydrogen-bond donors (Lipinski definition) is 1. The molecule has 1 unspecified atom stereocenters. The quantitative estimate of drug-likeness (QED) is 0.653. The molecule has 0 aromatic heterocycles. The number of benzene rings is 2. The molecule has 130 valence electrons. The van der Waals surface area contributed by atoms with Gasteiger partial charge in [-0.2, -0.15) is 0 Å². The maximum absolute atomic E-state index is 5.67. The number of ether oxygens (including phenoxy) is 1. The average Bonchev–Trinajstić information content (AvgIpc) is 2.53. The van der Waals surface area contributed by atoms with Gasteiger partial charge in [0.15, 0.2) is 0 Å². The van der Waals surface area contributed by atoms with Gasteiger partial charge in [-0.1, -0.05) is 45.0 Å². The van der Waals surface area contributed by atoms with Crippen LogP contribution >= 0.6 is 0 Å². The summed E-state index contributed by atoms with van der Waals surface area (Å²) in [7, 11) is 0. The molecule has 0 aliphatic carbocycles. The summed E-state index contributed by atoms with van der Waals surface area (Å²) in [6, 6.07) is 17.3. The minimum absolute atomic E-state index is 0.211. The molecule has 2 nitrogen and oxygen atoms in total. The van der Waals surface area contributed by atoms with Gasteiger partial charge in [-0.05, 0) is 67.5 Å². The third kappa shape index (κ3) is 5.92. The van der Waals surface area contributed by atoms with Gasteiger partial charge >= 0.3 is 0 Å². The topological polar surface area (TPSA) is 21.3 Å². The molecule has 0 bridgehead atoms. The van der Waals surface area contributed by atoms with Crippen LogP contribution in [0.1, 0.15) is 51.7 Å². The van der Waals surface area contributed by atoms with E-state index in [0.717, 1.165) is 24.4 Å². The van der Waals surface area contributed by atoms with Crippen molar-refractivity contribution >= 4 is 5.69 Å². The molecule has 2 rings (SSSR count). The van der Waals surface area contributed by atoms with E-state index in [1.165, 1.54) is 11.1 Å². The summed E-state index contributed by atoms with van der Waals surface area (Å²) < 4.78 is 5.67. The van der Waals surface area contributed by atoms with E-state index < -0.39 is 0 Å². The molecule has 2 aromatic carbocycles. The van der Waals surface area contributed by atoms with Crippen molar-refractivity contribution in [1.82, 2.24) is 0 Å². The van der Waals surface area contributed by atoms with Crippen LogP contribution in [-0.2, 0) is 6.42 Å². The summed E-state index contributed by atoms with van der Waals surface area (Å²) >= 11 is 0. The molecule has 2 heteroatoms. The fourth-order valence-corrected chi connectivity index (χ4v) is 2.77. The van der Waals surface area contributed by atoms with Crippen molar-refractivity contribution in [2.75, 3.05) is 11.9 Å². The van der Waals surface area contributed by atoms with Crippen molar-refractivity contribution in [1.29, 1.82) is 0 Å². The van der Waals surface area contributed by atoms with Gasteiger partial charge in [-0.3, -0.25) is 0 Å². The highest BCUT2D eigenvalue weighted by atomic mass is 16.5. The van der Waals surface area contributed by atoms with Crippen LogP contribution in [0, 0.1) is 5.92 Å². The van der Waals surface area contributed by atoms with Crippen LogP contribution in [0.2, 0.25) is 0 Å². The first-order chi connectivity index (χ1) is 11.4. The van der Waals surface area contributed by atoms with Crippen LogP contribution in [-0.4, -0.2) is 12.6 Å². The smallest absolute Gasteiger partial charge is 0.119 e. The highest BCUT2D eigenvalue weighted by Crippen LogP contribution is 2.20. The highest BCUT2D eigenvalue weighted by Gasteiger charge is 2.06. The third-order valence-corrected chi connectivity index (χ3v) is 4.03. The molecule has 0 heterocycles. The van der Waals surface area contributed by atoms with Crippen molar-refractivity contribution in [2.24, 2.45) is 5.92 Å². The van der Waals surface area contributed by atoms with E-state index in [0.29, 0.717) is 11.8 Å². The molecule has 24 heavy (non-hydrogen) atoms. The van der Waals surface area contributed by atoms with Crippen LogP contribution in [0.25, 0.3) is 0 Å². The second kappa shape index (κ2) is 8.77. The lowest BCUT2D eigenvalue weighted by atomic mass is 9.97. The van der Waals surface area contributed by atoms with Crippen LogP contribution in [0.3, 0.4) is 0 Å². The Kier molecular flexibility index (Phi) is 6.72. The number of hydrogen-bond acceptors (Lipinski definition) is 2. The number of anilines is 1. The van der Waals surface area contributed by atoms with E-state index in [2.05, 4.69) is 62.5 Å². The monoisotopic (exact) mass is 325 g/mol. The maximum Gasteiger partial charge on any atom is 0.119 e. The molecule has 1 N–H and O–H groups in total. The van der Waals surface area contributed by atoms with Gasteiger partial charge in [-0.25, -0.2) is 0 Å². The molecule has 0 aliphatic rings. The molecular formula is C22H31NO.